The van der Waals surface area contributed by atoms with E-state index in [4.69, 9.17) is 15.3 Å². The van der Waals surface area contributed by atoms with Crippen molar-refractivity contribution in [3.63, 3.8) is 0 Å². The fraction of sp³-hybridized carbons (Fsp3) is 0.385. The Bertz CT molecular complexity index is 509. The van der Waals surface area contributed by atoms with Crippen LogP contribution in [0.3, 0.4) is 0 Å². The van der Waals surface area contributed by atoms with E-state index in [2.05, 4.69) is 28.1 Å². The minimum absolute atomic E-state index is 0.0363. The lowest BCUT2D eigenvalue weighted by molar-refractivity contribution is 0.236. The molecule has 0 aliphatic heterocycles. The number of ether oxygens (including phenoxy) is 1. The van der Waals surface area contributed by atoms with Gasteiger partial charge in [-0.2, -0.15) is 10.5 Å². The molecule has 1 aliphatic carbocycles. The number of nitriles is 2. The first-order valence-corrected chi connectivity index (χ1v) is 6.18. The van der Waals surface area contributed by atoms with E-state index < -0.39 is 0 Å². The van der Waals surface area contributed by atoms with Gasteiger partial charge in [0.05, 0.1) is 18.2 Å². The van der Waals surface area contributed by atoms with Crippen LogP contribution >= 0.6 is 15.9 Å². The van der Waals surface area contributed by atoms with Crippen LogP contribution in [-0.2, 0) is 0 Å². The first kappa shape index (κ1) is 12.0. The third-order valence-corrected chi connectivity index (χ3v) is 3.50. The summed E-state index contributed by atoms with van der Waals surface area (Å²) in [5.74, 6) is 0.597. The predicted octanol–water partition coefficient (Wildman–Crippen LogP) is 3.39. The summed E-state index contributed by atoms with van der Waals surface area (Å²) in [5.41, 5.74) is 0.557. The topological polar surface area (TPSA) is 56.8 Å². The highest BCUT2D eigenvalue weighted by atomic mass is 79.9. The van der Waals surface area contributed by atoms with Gasteiger partial charge in [-0.05, 0) is 31.0 Å². The average Bonchev–Trinajstić information content (AvgIpc) is 3.08. The average molecular weight is 291 g/mol. The molecule has 0 bridgehead atoms. The highest BCUT2D eigenvalue weighted by molar-refractivity contribution is 9.10. The van der Waals surface area contributed by atoms with Crippen molar-refractivity contribution in [2.24, 2.45) is 5.41 Å². The molecule has 0 unspecified atom stereocenters. The maximum Gasteiger partial charge on any atom is 0.137 e. The number of hydrogen-bond donors (Lipinski definition) is 0. The Morgan fingerprint density at radius 3 is 2.71 bits per heavy atom. The molecule has 1 aromatic carbocycles. The van der Waals surface area contributed by atoms with Gasteiger partial charge in [0.2, 0.25) is 0 Å². The largest absolute Gasteiger partial charge is 0.492 e. The normalized spacial score (nSPS) is 15.7. The molecule has 0 aromatic heterocycles. The summed E-state index contributed by atoms with van der Waals surface area (Å²) in [4.78, 5) is 0. The summed E-state index contributed by atoms with van der Waals surface area (Å²) in [6.45, 7) is 0.525. The Balaban J connectivity index is 2.05. The van der Waals surface area contributed by atoms with E-state index in [1.165, 1.54) is 0 Å². The third-order valence-electron chi connectivity index (χ3n) is 3.01. The minimum atomic E-state index is 0.0363. The molecule has 0 atom stereocenters. The van der Waals surface area contributed by atoms with Crippen LogP contribution in [0.5, 0.6) is 5.75 Å². The Hall–Kier alpha value is -1.52. The standard InChI is InChI=1S/C13H11BrN2O/c14-11-1-2-12(10(7-11)8-16)17-9-13(3-4-13)5-6-15/h1-2,7H,3-5,9H2. The Kier molecular flexibility index (Phi) is 3.36. The van der Waals surface area contributed by atoms with Crippen molar-refractivity contribution in [2.75, 3.05) is 6.61 Å². The van der Waals surface area contributed by atoms with Crippen molar-refractivity contribution in [3.05, 3.63) is 28.2 Å². The number of hydrogen-bond acceptors (Lipinski definition) is 3. The van der Waals surface area contributed by atoms with Crippen molar-refractivity contribution >= 4 is 15.9 Å². The summed E-state index contributed by atoms with van der Waals surface area (Å²) >= 11 is 3.32. The van der Waals surface area contributed by atoms with Crippen molar-refractivity contribution in [1.29, 1.82) is 10.5 Å². The van der Waals surface area contributed by atoms with Crippen LogP contribution in [0.4, 0.5) is 0 Å². The van der Waals surface area contributed by atoms with Gasteiger partial charge in [0.25, 0.3) is 0 Å². The fourth-order valence-electron chi connectivity index (χ4n) is 1.66. The maximum atomic E-state index is 8.99. The predicted molar refractivity (Wildman–Crippen MR) is 66.2 cm³/mol. The second-order valence-corrected chi connectivity index (χ2v) is 5.29. The van der Waals surface area contributed by atoms with Gasteiger partial charge in [-0.1, -0.05) is 15.9 Å². The van der Waals surface area contributed by atoms with Crippen LogP contribution in [0.1, 0.15) is 24.8 Å². The molecular formula is C13H11BrN2O. The summed E-state index contributed by atoms with van der Waals surface area (Å²) in [6, 6.07) is 9.66. The first-order valence-electron chi connectivity index (χ1n) is 5.38. The van der Waals surface area contributed by atoms with Gasteiger partial charge in [-0.15, -0.1) is 0 Å². The highest BCUT2D eigenvalue weighted by Crippen LogP contribution is 2.48. The zero-order chi connectivity index (χ0) is 12.3. The van der Waals surface area contributed by atoms with E-state index >= 15 is 0 Å². The molecule has 1 aliphatic rings. The minimum Gasteiger partial charge on any atom is -0.492 e. The lowest BCUT2D eigenvalue weighted by Crippen LogP contribution is -2.12. The quantitative estimate of drug-likeness (QED) is 0.854. The molecule has 0 heterocycles. The molecule has 1 aromatic rings. The van der Waals surface area contributed by atoms with Crippen LogP contribution in [0.25, 0.3) is 0 Å². The van der Waals surface area contributed by atoms with E-state index in [0.717, 1.165) is 17.3 Å². The molecule has 1 fully saturated rings. The molecule has 0 spiro atoms. The molecule has 1 saturated carbocycles. The maximum absolute atomic E-state index is 8.99. The van der Waals surface area contributed by atoms with Gasteiger partial charge < -0.3 is 4.74 Å². The van der Waals surface area contributed by atoms with E-state index in [9.17, 15) is 0 Å². The number of nitrogens with zero attached hydrogens (tertiary/aromatic N) is 2. The van der Waals surface area contributed by atoms with Crippen molar-refractivity contribution < 1.29 is 4.74 Å². The van der Waals surface area contributed by atoms with Gasteiger partial charge in [0.15, 0.2) is 0 Å². The Labute approximate surface area is 109 Å². The van der Waals surface area contributed by atoms with Gasteiger partial charge >= 0.3 is 0 Å². The Morgan fingerprint density at radius 1 is 1.35 bits per heavy atom. The molecular weight excluding hydrogens is 280 g/mol. The van der Waals surface area contributed by atoms with Crippen LogP contribution in [-0.4, -0.2) is 6.61 Å². The zero-order valence-corrected chi connectivity index (χ0v) is 10.8. The fourth-order valence-corrected chi connectivity index (χ4v) is 2.02. The van der Waals surface area contributed by atoms with E-state index in [1.54, 1.807) is 12.1 Å². The van der Waals surface area contributed by atoms with Gasteiger partial charge in [0, 0.05) is 16.3 Å². The van der Waals surface area contributed by atoms with Crippen LogP contribution in [0, 0.1) is 28.1 Å². The number of benzene rings is 1. The second-order valence-electron chi connectivity index (χ2n) is 4.38. The van der Waals surface area contributed by atoms with Crippen LogP contribution in [0.15, 0.2) is 22.7 Å². The summed E-state index contributed by atoms with van der Waals surface area (Å²) in [6.07, 6.45) is 2.61. The van der Waals surface area contributed by atoms with Crippen LogP contribution < -0.4 is 4.74 Å². The first-order chi connectivity index (χ1) is 8.19. The lowest BCUT2D eigenvalue weighted by Gasteiger charge is -2.13. The second kappa shape index (κ2) is 4.77. The molecule has 86 valence electrons. The monoisotopic (exact) mass is 290 g/mol. The smallest absolute Gasteiger partial charge is 0.137 e. The molecule has 4 heteroatoms. The summed E-state index contributed by atoms with van der Waals surface area (Å²) in [5, 5.41) is 17.7. The zero-order valence-electron chi connectivity index (χ0n) is 9.24. The molecule has 0 N–H and O–H groups in total. The summed E-state index contributed by atoms with van der Waals surface area (Å²) < 4.78 is 6.53. The number of rotatable bonds is 4. The molecule has 0 radical (unpaired) electrons. The van der Waals surface area contributed by atoms with Crippen LogP contribution in [0.2, 0.25) is 0 Å². The van der Waals surface area contributed by atoms with Gasteiger partial charge in [-0.25, -0.2) is 0 Å². The number of halogens is 1. The lowest BCUT2D eigenvalue weighted by atomic mass is 10.1. The van der Waals surface area contributed by atoms with Crippen molar-refractivity contribution in [3.8, 4) is 17.9 Å². The van der Waals surface area contributed by atoms with Crippen molar-refractivity contribution in [2.45, 2.75) is 19.3 Å². The van der Waals surface area contributed by atoms with E-state index in [1.807, 2.05) is 6.07 Å². The van der Waals surface area contributed by atoms with E-state index in [0.29, 0.717) is 24.3 Å². The molecule has 3 nitrogen and oxygen atoms in total. The van der Waals surface area contributed by atoms with Gasteiger partial charge in [0.1, 0.15) is 11.8 Å². The molecule has 17 heavy (non-hydrogen) atoms. The summed E-state index contributed by atoms with van der Waals surface area (Å²) in [7, 11) is 0. The van der Waals surface area contributed by atoms with Crippen molar-refractivity contribution in [1.82, 2.24) is 0 Å². The third kappa shape index (κ3) is 2.78. The molecule has 2 rings (SSSR count). The Morgan fingerprint density at radius 2 is 2.12 bits per heavy atom. The van der Waals surface area contributed by atoms with Gasteiger partial charge in [-0.3, -0.25) is 0 Å². The highest BCUT2D eigenvalue weighted by Gasteiger charge is 2.43. The molecule has 0 saturated heterocycles. The SMILES string of the molecule is N#CCC1(COc2ccc(Br)cc2C#N)CC1. The van der Waals surface area contributed by atoms with E-state index in [-0.39, 0.29) is 5.41 Å². The molecule has 0 amide bonds.